The molecular formula is C25H22ClFN2O2S. The smallest absolute Gasteiger partial charge is 0.248 e. The van der Waals surface area contributed by atoms with Gasteiger partial charge in [0.15, 0.2) is 0 Å². The zero-order chi connectivity index (χ0) is 22.9. The van der Waals surface area contributed by atoms with Crippen LogP contribution in [0.15, 0.2) is 83.8 Å². The fourth-order valence-electron chi connectivity index (χ4n) is 2.85. The minimum Gasteiger partial charge on any atom is -0.325 e. The molecule has 1 atom stereocenters. The van der Waals surface area contributed by atoms with Crippen LogP contribution in [0.4, 0.5) is 15.8 Å². The molecule has 0 spiro atoms. The number of carbonyl (C=O) groups excluding carboxylic acids is 2. The number of thioether (sulfide) groups is 1. The largest absolute Gasteiger partial charge is 0.325 e. The van der Waals surface area contributed by atoms with E-state index in [0.717, 1.165) is 10.5 Å². The number of anilines is 2. The summed E-state index contributed by atoms with van der Waals surface area (Å²) in [5, 5.41) is 5.18. The first-order chi connectivity index (χ1) is 15.4. The van der Waals surface area contributed by atoms with Crippen molar-refractivity contribution in [2.24, 2.45) is 0 Å². The van der Waals surface area contributed by atoms with Crippen LogP contribution in [0.5, 0.6) is 0 Å². The minimum atomic E-state index is -0.538. The SMILES string of the molecule is CCC(Sc1cccc(NC(=O)/C=C/c2ccccc2)c1)C(=O)Nc1ccc(F)c(Cl)c1. The predicted octanol–water partition coefficient (Wildman–Crippen LogP) is 6.64. The number of hydrogen-bond donors (Lipinski definition) is 2. The fraction of sp³-hybridized carbons (Fsp3) is 0.120. The van der Waals surface area contributed by atoms with Gasteiger partial charge in [0.1, 0.15) is 5.82 Å². The van der Waals surface area contributed by atoms with Crippen molar-refractivity contribution in [1.29, 1.82) is 0 Å². The number of halogens is 2. The van der Waals surface area contributed by atoms with E-state index in [0.29, 0.717) is 17.8 Å². The van der Waals surface area contributed by atoms with Gasteiger partial charge >= 0.3 is 0 Å². The maximum Gasteiger partial charge on any atom is 0.248 e. The maximum atomic E-state index is 13.3. The molecular weight excluding hydrogens is 447 g/mol. The van der Waals surface area contributed by atoms with E-state index in [1.807, 2.05) is 55.5 Å². The lowest BCUT2D eigenvalue weighted by atomic mass is 10.2. The molecule has 2 amide bonds. The van der Waals surface area contributed by atoms with Crippen molar-refractivity contribution >= 4 is 52.6 Å². The topological polar surface area (TPSA) is 58.2 Å². The molecule has 3 rings (SSSR count). The fourth-order valence-corrected chi connectivity index (χ4v) is 4.04. The predicted molar refractivity (Wildman–Crippen MR) is 131 cm³/mol. The van der Waals surface area contributed by atoms with Gasteiger partial charge in [0.25, 0.3) is 0 Å². The minimum absolute atomic E-state index is 0.0479. The van der Waals surface area contributed by atoms with Gasteiger partial charge in [-0.2, -0.15) is 0 Å². The summed E-state index contributed by atoms with van der Waals surface area (Å²) in [5.41, 5.74) is 2.01. The summed E-state index contributed by atoms with van der Waals surface area (Å²) in [5.74, 6) is -0.988. The Hall–Kier alpha value is -3.09. The molecule has 0 aromatic heterocycles. The van der Waals surface area contributed by atoms with Gasteiger partial charge in [-0.15, -0.1) is 11.8 Å². The molecule has 0 saturated carbocycles. The normalized spacial score (nSPS) is 11.8. The lowest BCUT2D eigenvalue weighted by Crippen LogP contribution is -2.24. The summed E-state index contributed by atoms with van der Waals surface area (Å²) in [6.07, 6.45) is 3.81. The van der Waals surface area contributed by atoms with Crippen LogP contribution in [0.25, 0.3) is 6.08 Å². The zero-order valence-electron chi connectivity index (χ0n) is 17.3. The second-order valence-corrected chi connectivity index (χ2v) is 8.58. The standard InChI is InChI=1S/C25H22ClFN2O2S/c1-2-23(25(31)29-19-12-13-22(27)21(26)16-19)32-20-10-6-9-18(15-20)28-24(30)14-11-17-7-4-3-5-8-17/h3-16,23H,2H2,1H3,(H,28,30)(H,29,31)/b14-11+. The lowest BCUT2D eigenvalue weighted by molar-refractivity contribution is -0.115. The number of benzene rings is 3. The van der Waals surface area contributed by atoms with Crippen LogP contribution in [0.3, 0.4) is 0 Å². The summed E-state index contributed by atoms with van der Waals surface area (Å²) in [6, 6.07) is 20.9. The Morgan fingerprint density at radius 3 is 2.47 bits per heavy atom. The van der Waals surface area contributed by atoms with E-state index in [9.17, 15) is 14.0 Å². The van der Waals surface area contributed by atoms with Gasteiger partial charge in [0.2, 0.25) is 11.8 Å². The van der Waals surface area contributed by atoms with Crippen molar-refractivity contribution in [3.63, 3.8) is 0 Å². The first kappa shape index (κ1) is 23.6. The lowest BCUT2D eigenvalue weighted by Gasteiger charge is -2.15. The highest BCUT2D eigenvalue weighted by atomic mass is 35.5. The number of amides is 2. The molecule has 0 bridgehead atoms. The highest BCUT2D eigenvalue weighted by Gasteiger charge is 2.19. The summed E-state index contributed by atoms with van der Waals surface area (Å²) in [7, 11) is 0. The molecule has 32 heavy (non-hydrogen) atoms. The van der Waals surface area contributed by atoms with E-state index in [-0.39, 0.29) is 22.1 Å². The molecule has 0 aliphatic carbocycles. The molecule has 0 aliphatic heterocycles. The third-order valence-electron chi connectivity index (χ3n) is 4.46. The van der Waals surface area contributed by atoms with Crippen molar-refractivity contribution in [2.45, 2.75) is 23.5 Å². The Morgan fingerprint density at radius 1 is 1.00 bits per heavy atom. The molecule has 0 saturated heterocycles. The molecule has 0 aliphatic rings. The summed E-state index contributed by atoms with van der Waals surface area (Å²) in [4.78, 5) is 25.8. The van der Waals surface area contributed by atoms with Gasteiger partial charge in [-0.1, -0.05) is 54.9 Å². The Balaban J connectivity index is 1.61. The Bertz CT molecular complexity index is 1120. The van der Waals surface area contributed by atoms with Crippen LogP contribution >= 0.6 is 23.4 Å². The Labute approximate surface area is 195 Å². The molecule has 3 aromatic carbocycles. The monoisotopic (exact) mass is 468 g/mol. The van der Waals surface area contributed by atoms with Gasteiger partial charge in [-0.3, -0.25) is 9.59 Å². The third-order valence-corrected chi connectivity index (χ3v) is 6.10. The van der Waals surface area contributed by atoms with Crippen LogP contribution in [0.1, 0.15) is 18.9 Å². The molecule has 7 heteroatoms. The van der Waals surface area contributed by atoms with Gasteiger partial charge < -0.3 is 10.6 Å². The average molecular weight is 469 g/mol. The van der Waals surface area contributed by atoms with E-state index < -0.39 is 5.82 Å². The molecule has 164 valence electrons. The average Bonchev–Trinajstić information content (AvgIpc) is 2.79. The highest BCUT2D eigenvalue weighted by Crippen LogP contribution is 2.29. The molecule has 1 unspecified atom stereocenters. The van der Waals surface area contributed by atoms with E-state index >= 15 is 0 Å². The Morgan fingerprint density at radius 2 is 1.75 bits per heavy atom. The molecule has 2 N–H and O–H groups in total. The van der Waals surface area contributed by atoms with Crippen LogP contribution < -0.4 is 10.6 Å². The highest BCUT2D eigenvalue weighted by molar-refractivity contribution is 8.00. The zero-order valence-corrected chi connectivity index (χ0v) is 18.9. The first-order valence-electron chi connectivity index (χ1n) is 10.0. The van der Waals surface area contributed by atoms with Gasteiger partial charge in [0.05, 0.1) is 10.3 Å². The van der Waals surface area contributed by atoms with Gasteiger partial charge in [-0.25, -0.2) is 4.39 Å². The molecule has 4 nitrogen and oxygen atoms in total. The van der Waals surface area contributed by atoms with Crippen molar-refractivity contribution < 1.29 is 14.0 Å². The molecule has 0 heterocycles. The summed E-state index contributed by atoms with van der Waals surface area (Å²) < 4.78 is 13.3. The molecule has 3 aromatic rings. The second-order valence-electron chi connectivity index (χ2n) is 6.89. The van der Waals surface area contributed by atoms with E-state index in [4.69, 9.17) is 11.6 Å². The van der Waals surface area contributed by atoms with Crippen LogP contribution in [0, 0.1) is 5.82 Å². The second kappa shape index (κ2) is 11.5. The summed E-state index contributed by atoms with van der Waals surface area (Å²) >= 11 is 7.17. The van der Waals surface area contributed by atoms with Gasteiger partial charge in [-0.05, 0) is 54.5 Å². The van der Waals surface area contributed by atoms with Crippen molar-refractivity contribution in [3.05, 3.63) is 95.3 Å². The quantitative estimate of drug-likeness (QED) is 0.288. The van der Waals surface area contributed by atoms with Crippen molar-refractivity contribution in [1.82, 2.24) is 0 Å². The number of nitrogens with one attached hydrogen (secondary N) is 2. The maximum absolute atomic E-state index is 13.3. The van der Waals surface area contributed by atoms with E-state index in [2.05, 4.69) is 10.6 Å². The Kier molecular flexibility index (Phi) is 8.48. The van der Waals surface area contributed by atoms with Crippen molar-refractivity contribution in [2.75, 3.05) is 10.6 Å². The molecule has 0 fully saturated rings. The number of rotatable bonds is 8. The van der Waals surface area contributed by atoms with Gasteiger partial charge in [0, 0.05) is 22.3 Å². The molecule has 0 radical (unpaired) electrons. The number of carbonyl (C=O) groups is 2. The summed E-state index contributed by atoms with van der Waals surface area (Å²) in [6.45, 7) is 1.91. The van der Waals surface area contributed by atoms with Crippen molar-refractivity contribution in [3.8, 4) is 0 Å². The third kappa shape index (κ3) is 6.97. The van der Waals surface area contributed by atoms with Crippen LogP contribution in [0.2, 0.25) is 5.02 Å². The van der Waals surface area contributed by atoms with E-state index in [1.54, 1.807) is 12.1 Å². The van der Waals surface area contributed by atoms with Crippen LogP contribution in [-0.4, -0.2) is 17.1 Å². The van der Waals surface area contributed by atoms with E-state index in [1.165, 1.54) is 36.0 Å². The first-order valence-corrected chi connectivity index (χ1v) is 11.3. The van der Waals surface area contributed by atoms with Crippen LogP contribution in [-0.2, 0) is 9.59 Å². The number of hydrogen-bond acceptors (Lipinski definition) is 3.